The summed E-state index contributed by atoms with van der Waals surface area (Å²) in [7, 11) is 0. The molecule has 0 aliphatic heterocycles. The molecule has 28 heavy (non-hydrogen) atoms. The zero-order chi connectivity index (χ0) is 18.8. The average Bonchev–Trinajstić information content (AvgIpc) is 3.38. The molecule has 0 fully saturated rings. The number of nitrogens with one attached hydrogen (secondary N) is 2. The monoisotopic (exact) mass is 387 g/mol. The number of H-pyrrole nitrogens is 1. The molecular formula is C21H17N5OS. The molecule has 3 aromatic heterocycles. The first-order valence-electron chi connectivity index (χ1n) is 8.98. The van der Waals surface area contributed by atoms with Crippen molar-refractivity contribution in [2.45, 2.75) is 0 Å². The highest BCUT2D eigenvalue weighted by atomic mass is 32.1. The Labute approximate surface area is 165 Å². The minimum Gasteiger partial charge on any atom is -0.492 e. The highest BCUT2D eigenvalue weighted by Gasteiger charge is 2.14. The van der Waals surface area contributed by atoms with Crippen LogP contribution in [0.1, 0.15) is 0 Å². The van der Waals surface area contributed by atoms with Crippen molar-refractivity contribution in [2.24, 2.45) is 0 Å². The smallest absolute Gasteiger partial charge is 0.183 e. The number of nitrogens with zero attached hydrogens (tertiary/aromatic N) is 3. The molecule has 0 aliphatic carbocycles. The normalized spacial score (nSPS) is 11.1. The van der Waals surface area contributed by atoms with Crippen molar-refractivity contribution in [3.05, 3.63) is 66.3 Å². The van der Waals surface area contributed by atoms with Gasteiger partial charge in [-0.25, -0.2) is 15.0 Å². The molecule has 0 saturated heterocycles. The summed E-state index contributed by atoms with van der Waals surface area (Å²) < 4.78 is 6.97. The largest absolute Gasteiger partial charge is 0.492 e. The van der Waals surface area contributed by atoms with Gasteiger partial charge in [0.25, 0.3) is 0 Å². The molecule has 0 spiro atoms. The molecule has 5 aromatic rings. The molecular weight excluding hydrogens is 370 g/mol. The van der Waals surface area contributed by atoms with Gasteiger partial charge in [0.15, 0.2) is 17.3 Å². The van der Waals surface area contributed by atoms with Crippen LogP contribution >= 0.6 is 11.3 Å². The van der Waals surface area contributed by atoms with Gasteiger partial charge in [-0.05, 0) is 18.2 Å². The molecule has 0 amide bonds. The second-order valence-electron chi connectivity index (χ2n) is 6.23. The van der Waals surface area contributed by atoms with Crippen LogP contribution < -0.4 is 10.1 Å². The highest BCUT2D eigenvalue weighted by Crippen LogP contribution is 2.33. The lowest BCUT2D eigenvalue weighted by molar-refractivity contribution is 0.333. The predicted molar refractivity (Wildman–Crippen MR) is 113 cm³/mol. The number of benzene rings is 2. The third kappa shape index (κ3) is 3.16. The van der Waals surface area contributed by atoms with Gasteiger partial charge >= 0.3 is 0 Å². The minimum absolute atomic E-state index is 0.528. The van der Waals surface area contributed by atoms with Crippen LogP contribution in [0.2, 0.25) is 0 Å². The van der Waals surface area contributed by atoms with Crippen LogP contribution in [-0.2, 0) is 0 Å². The van der Waals surface area contributed by atoms with Crippen LogP contribution in [0, 0.1) is 0 Å². The second kappa shape index (κ2) is 7.28. The Hall–Kier alpha value is -3.45. The van der Waals surface area contributed by atoms with E-state index in [1.165, 1.54) is 4.70 Å². The lowest BCUT2D eigenvalue weighted by atomic mass is 10.1. The minimum atomic E-state index is 0.528. The van der Waals surface area contributed by atoms with E-state index in [9.17, 15) is 0 Å². The van der Waals surface area contributed by atoms with E-state index in [2.05, 4.69) is 37.8 Å². The summed E-state index contributed by atoms with van der Waals surface area (Å²) in [4.78, 5) is 16.9. The summed E-state index contributed by atoms with van der Waals surface area (Å²) >= 11 is 1.69. The van der Waals surface area contributed by atoms with Gasteiger partial charge in [-0.2, -0.15) is 0 Å². The fraction of sp³-hybridized carbons (Fsp3) is 0.0952. The maximum absolute atomic E-state index is 5.75. The molecule has 7 heteroatoms. The summed E-state index contributed by atoms with van der Waals surface area (Å²) in [6, 6.07) is 18.0. The van der Waals surface area contributed by atoms with Crippen molar-refractivity contribution < 1.29 is 4.74 Å². The fourth-order valence-corrected chi connectivity index (χ4v) is 4.03. The van der Waals surface area contributed by atoms with Crippen LogP contribution in [0.25, 0.3) is 32.6 Å². The molecule has 2 aromatic carbocycles. The number of aromatic nitrogens is 4. The van der Waals surface area contributed by atoms with Crippen LogP contribution in [-0.4, -0.2) is 33.1 Å². The number of imidazole rings is 1. The molecule has 0 bridgehead atoms. The second-order valence-corrected chi connectivity index (χ2v) is 7.14. The van der Waals surface area contributed by atoms with E-state index in [4.69, 9.17) is 9.72 Å². The van der Waals surface area contributed by atoms with E-state index in [0.717, 1.165) is 28.0 Å². The summed E-state index contributed by atoms with van der Waals surface area (Å²) in [6.07, 6.45) is 1.64. The van der Waals surface area contributed by atoms with E-state index in [-0.39, 0.29) is 0 Å². The van der Waals surface area contributed by atoms with Crippen molar-refractivity contribution in [2.75, 3.05) is 18.5 Å². The zero-order valence-corrected chi connectivity index (χ0v) is 15.7. The van der Waals surface area contributed by atoms with E-state index < -0.39 is 0 Å². The first-order chi connectivity index (χ1) is 13.9. The summed E-state index contributed by atoms with van der Waals surface area (Å²) in [6.45, 7) is 1.14. The molecule has 6 nitrogen and oxygen atoms in total. The number of fused-ring (bicyclic) bond motifs is 2. The highest BCUT2D eigenvalue weighted by molar-refractivity contribution is 7.17. The van der Waals surface area contributed by atoms with Crippen molar-refractivity contribution >= 4 is 38.4 Å². The molecule has 5 rings (SSSR count). The molecule has 138 valence electrons. The Balaban J connectivity index is 1.41. The molecule has 2 N–H and O–H groups in total. The average molecular weight is 387 g/mol. The van der Waals surface area contributed by atoms with Gasteiger partial charge in [0, 0.05) is 21.0 Å². The van der Waals surface area contributed by atoms with Crippen molar-refractivity contribution in [3.63, 3.8) is 0 Å². The summed E-state index contributed by atoms with van der Waals surface area (Å²) in [5, 5.41) is 6.60. The summed E-state index contributed by atoms with van der Waals surface area (Å²) in [5.74, 6) is 2.25. The maximum atomic E-state index is 5.75. The van der Waals surface area contributed by atoms with Gasteiger partial charge in [0.2, 0.25) is 0 Å². The molecule has 0 atom stereocenters. The van der Waals surface area contributed by atoms with E-state index in [0.29, 0.717) is 24.6 Å². The van der Waals surface area contributed by atoms with Crippen molar-refractivity contribution in [1.82, 2.24) is 19.9 Å². The topological polar surface area (TPSA) is 75.7 Å². The number of ether oxygens (including phenoxy) is 1. The molecule has 0 unspecified atom stereocenters. The van der Waals surface area contributed by atoms with Crippen molar-refractivity contribution in [1.29, 1.82) is 0 Å². The SMILES string of the molecule is c1ccc(OCCNc2nc(-c3csc4ccccc34)nc3nc[nH]c23)cc1. The fourth-order valence-electron chi connectivity index (χ4n) is 3.09. The lowest BCUT2D eigenvalue weighted by Gasteiger charge is -2.09. The van der Waals surface area contributed by atoms with Gasteiger partial charge in [0.1, 0.15) is 17.9 Å². The van der Waals surface area contributed by atoms with E-state index >= 15 is 0 Å². The first kappa shape index (κ1) is 16.7. The van der Waals surface area contributed by atoms with Crippen LogP contribution in [0.4, 0.5) is 5.82 Å². The Bertz CT molecular complexity index is 1230. The molecule has 0 saturated carbocycles. The number of rotatable bonds is 6. The Morgan fingerprint density at radius 1 is 1.00 bits per heavy atom. The Morgan fingerprint density at radius 2 is 1.86 bits per heavy atom. The van der Waals surface area contributed by atoms with Gasteiger partial charge in [0.05, 0.1) is 12.9 Å². The van der Waals surface area contributed by atoms with Gasteiger partial charge in [-0.15, -0.1) is 11.3 Å². The molecule has 0 aliphatic rings. The van der Waals surface area contributed by atoms with Crippen LogP contribution in [0.3, 0.4) is 0 Å². The number of aromatic amines is 1. The van der Waals surface area contributed by atoms with Crippen molar-refractivity contribution in [3.8, 4) is 17.1 Å². The third-order valence-electron chi connectivity index (χ3n) is 4.41. The Kier molecular flexibility index (Phi) is 4.34. The van der Waals surface area contributed by atoms with E-state index in [1.54, 1.807) is 17.7 Å². The standard InChI is InChI=1S/C21H17N5OS/c1-2-6-14(7-3-1)27-11-10-22-20-18-21(24-13-23-18)26-19(25-20)16-12-28-17-9-5-4-8-15(16)17/h1-9,12-13H,10-11H2,(H2,22,23,24,25,26). The number of para-hydroxylation sites is 1. The quantitative estimate of drug-likeness (QED) is 0.412. The van der Waals surface area contributed by atoms with E-state index in [1.807, 2.05) is 42.5 Å². The van der Waals surface area contributed by atoms with Crippen LogP contribution in [0.5, 0.6) is 5.75 Å². The molecule has 0 radical (unpaired) electrons. The zero-order valence-electron chi connectivity index (χ0n) is 14.9. The number of anilines is 1. The maximum Gasteiger partial charge on any atom is 0.183 e. The number of hydrogen-bond donors (Lipinski definition) is 2. The predicted octanol–water partition coefficient (Wildman–Crippen LogP) is 4.73. The summed E-state index contributed by atoms with van der Waals surface area (Å²) in [5.41, 5.74) is 2.46. The Morgan fingerprint density at radius 3 is 2.79 bits per heavy atom. The van der Waals surface area contributed by atoms with Gasteiger partial charge < -0.3 is 15.0 Å². The first-order valence-corrected chi connectivity index (χ1v) is 9.86. The lowest BCUT2D eigenvalue weighted by Crippen LogP contribution is -2.13. The number of thiophene rings is 1. The van der Waals surface area contributed by atoms with Gasteiger partial charge in [-0.1, -0.05) is 36.4 Å². The third-order valence-corrected chi connectivity index (χ3v) is 5.38. The van der Waals surface area contributed by atoms with Gasteiger partial charge in [-0.3, -0.25) is 0 Å². The number of hydrogen-bond acceptors (Lipinski definition) is 6. The molecule has 3 heterocycles. The van der Waals surface area contributed by atoms with Crippen LogP contribution in [0.15, 0.2) is 66.3 Å².